The number of hydrogen-bond acceptors (Lipinski definition) is 7. The Balaban J connectivity index is 1.68. The molecule has 10 heteroatoms. The van der Waals surface area contributed by atoms with Crippen LogP contribution < -0.4 is 20.6 Å². The fourth-order valence-electron chi connectivity index (χ4n) is 6.58. The van der Waals surface area contributed by atoms with Crippen molar-refractivity contribution in [3.8, 4) is 28.6 Å². The number of fused-ring (bicyclic) bond motifs is 5. The third-order valence-corrected chi connectivity index (χ3v) is 9.09. The number of nitriles is 1. The first kappa shape index (κ1) is 29.5. The summed E-state index contributed by atoms with van der Waals surface area (Å²) in [4.78, 5) is 40.1. The number of carbonyl (C=O) groups excluding carboxylic acids is 1. The molecule has 6 rings (SSSR count). The molecule has 44 heavy (non-hydrogen) atoms. The summed E-state index contributed by atoms with van der Waals surface area (Å²) >= 11 is 0. The molecule has 0 spiro atoms. The van der Waals surface area contributed by atoms with Crippen molar-refractivity contribution in [1.82, 2.24) is 19.4 Å². The number of nitrogens with zero attached hydrogens (tertiary/aromatic N) is 6. The lowest BCUT2D eigenvalue weighted by Crippen LogP contribution is -2.55. The number of amides is 1. The summed E-state index contributed by atoms with van der Waals surface area (Å²) in [5.74, 6) is 0.990. The van der Waals surface area contributed by atoms with Crippen molar-refractivity contribution in [2.75, 3.05) is 24.5 Å². The Hall–Kier alpha value is -4.54. The van der Waals surface area contributed by atoms with Crippen LogP contribution in [-0.2, 0) is 11.4 Å². The van der Waals surface area contributed by atoms with E-state index in [2.05, 4.69) is 60.9 Å². The highest BCUT2D eigenvalue weighted by atomic mass is 31.0. The fraction of sp³-hybridized carbons (Fsp3) is 0.324. The molecule has 2 atom stereocenters. The van der Waals surface area contributed by atoms with Gasteiger partial charge >= 0.3 is 5.69 Å². The molecule has 4 heterocycles. The molecule has 2 aliphatic rings. The highest BCUT2D eigenvalue weighted by Crippen LogP contribution is 2.46. The van der Waals surface area contributed by atoms with Gasteiger partial charge in [-0.05, 0) is 65.5 Å². The lowest BCUT2D eigenvalue weighted by molar-refractivity contribution is -0.128. The van der Waals surface area contributed by atoms with E-state index in [1.807, 2.05) is 24.0 Å². The molecule has 1 unspecified atom stereocenters. The van der Waals surface area contributed by atoms with E-state index in [0.717, 1.165) is 44.2 Å². The predicted octanol–water partition coefficient (Wildman–Crippen LogP) is 4.70. The number of rotatable bonds is 5. The Morgan fingerprint density at radius 1 is 1.23 bits per heavy atom. The van der Waals surface area contributed by atoms with Gasteiger partial charge in [-0.25, -0.2) is 4.79 Å². The minimum absolute atomic E-state index is 0.0512. The van der Waals surface area contributed by atoms with E-state index in [0.29, 0.717) is 49.0 Å². The molecular weight excluding hydrogens is 571 g/mol. The van der Waals surface area contributed by atoms with E-state index in [1.54, 1.807) is 15.7 Å². The Bertz CT molecular complexity index is 1940. The molecule has 0 saturated carbocycles. The normalized spacial score (nSPS) is 15.9. The van der Waals surface area contributed by atoms with Gasteiger partial charge < -0.3 is 14.5 Å². The molecule has 0 bridgehead atoms. The highest BCUT2D eigenvalue weighted by molar-refractivity contribution is 7.28. The molecule has 2 aromatic heterocycles. The van der Waals surface area contributed by atoms with Crippen LogP contribution >= 0.6 is 9.24 Å². The Labute approximate surface area is 259 Å². The number of anilines is 1. The fourth-order valence-corrected chi connectivity index (χ4v) is 7.02. The lowest BCUT2D eigenvalue weighted by atomic mass is 9.91. The molecule has 4 aromatic rings. The van der Waals surface area contributed by atoms with Crippen LogP contribution in [0, 0.1) is 25.2 Å². The van der Waals surface area contributed by atoms with Crippen LogP contribution in [0.25, 0.3) is 27.7 Å². The van der Waals surface area contributed by atoms with E-state index in [1.165, 1.54) is 6.08 Å². The first-order valence-electron chi connectivity index (χ1n) is 14.8. The van der Waals surface area contributed by atoms with Gasteiger partial charge in [-0.3, -0.25) is 14.3 Å². The van der Waals surface area contributed by atoms with Crippen molar-refractivity contribution in [3.63, 3.8) is 0 Å². The van der Waals surface area contributed by atoms with E-state index in [4.69, 9.17) is 14.7 Å². The Morgan fingerprint density at radius 3 is 2.75 bits per heavy atom. The zero-order valence-corrected chi connectivity index (χ0v) is 26.6. The third-order valence-electron chi connectivity index (χ3n) is 8.61. The first-order valence-corrected chi connectivity index (χ1v) is 15.4. The van der Waals surface area contributed by atoms with Gasteiger partial charge in [-0.15, -0.1) is 9.24 Å². The number of ether oxygens (including phenoxy) is 1. The van der Waals surface area contributed by atoms with Gasteiger partial charge in [0.25, 0.3) is 0 Å². The summed E-state index contributed by atoms with van der Waals surface area (Å²) in [6.07, 6.45) is 3.21. The third kappa shape index (κ3) is 4.74. The quantitative estimate of drug-likeness (QED) is 0.240. The standard InChI is InChI=1S/C34H35N6O3P/c1-6-26(41)39-15-14-38(17-23(39)10-12-35)33-24-16-21(5)27-28-22(8-7-9-25(28)44)18-43-32(27)31(24)40(34(42)37-33)30-20(4)11-13-36-29(30)19(2)3/h6-9,11,13,16,19,23H,1,10,14-15,17-18,44H2,2-5H3/t23-/m1/s1. The number of benzene rings is 2. The average Bonchev–Trinajstić information content (AvgIpc) is 3.01. The van der Waals surface area contributed by atoms with E-state index in [-0.39, 0.29) is 24.3 Å². The largest absolute Gasteiger partial charge is 0.486 e. The van der Waals surface area contributed by atoms with Crippen molar-refractivity contribution >= 4 is 37.2 Å². The number of aryl methyl sites for hydroxylation is 2. The van der Waals surface area contributed by atoms with Gasteiger partial charge in [0.05, 0.1) is 29.9 Å². The smallest absolute Gasteiger partial charge is 0.354 e. The Morgan fingerprint density at radius 2 is 2.02 bits per heavy atom. The summed E-state index contributed by atoms with van der Waals surface area (Å²) in [6, 6.07) is 12.0. The molecule has 2 aromatic carbocycles. The molecule has 1 amide bonds. The molecule has 1 fully saturated rings. The van der Waals surface area contributed by atoms with Crippen LogP contribution in [0.5, 0.6) is 5.75 Å². The number of carbonyl (C=O) groups is 1. The molecule has 224 valence electrons. The van der Waals surface area contributed by atoms with Gasteiger partial charge in [0, 0.05) is 36.8 Å². The average molecular weight is 607 g/mol. The molecule has 0 radical (unpaired) electrons. The van der Waals surface area contributed by atoms with Gasteiger partial charge in [-0.1, -0.05) is 38.6 Å². The van der Waals surface area contributed by atoms with Crippen molar-refractivity contribution in [1.29, 1.82) is 5.26 Å². The van der Waals surface area contributed by atoms with Crippen molar-refractivity contribution in [2.24, 2.45) is 0 Å². The van der Waals surface area contributed by atoms with Crippen LogP contribution in [-0.4, -0.2) is 51.0 Å². The summed E-state index contributed by atoms with van der Waals surface area (Å²) < 4.78 is 8.25. The number of aromatic nitrogens is 3. The van der Waals surface area contributed by atoms with Crippen LogP contribution in [0.2, 0.25) is 0 Å². The second-order valence-corrected chi connectivity index (χ2v) is 12.4. The molecule has 2 aliphatic heterocycles. The maximum absolute atomic E-state index is 14.3. The van der Waals surface area contributed by atoms with Crippen LogP contribution in [0.4, 0.5) is 5.82 Å². The second-order valence-electron chi connectivity index (χ2n) is 11.7. The predicted molar refractivity (Wildman–Crippen MR) is 176 cm³/mol. The maximum Gasteiger partial charge on any atom is 0.354 e. The van der Waals surface area contributed by atoms with Crippen LogP contribution in [0.15, 0.2) is 54.0 Å². The first-order chi connectivity index (χ1) is 21.2. The zero-order chi connectivity index (χ0) is 31.3. The lowest BCUT2D eigenvalue weighted by Gasteiger charge is -2.41. The molecular formula is C34H35N6O3P. The van der Waals surface area contributed by atoms with E-state index >= 15 is 0 Å². The summed E-state index contributed by atoms with van der Waals surface area (Å²) in [5.41, 5.74) is 6.73. The number of pyridine rings is 1. The number of piperazine rings is 1. The molecule has 1 saturated heterocycles. The summed E-state index contributed by atoms with van der Waals surface area (Å²) in [5, 5.41) is 11.4. The maximum atomic E-state index is 14.3. The van der Waals surface area contributed by atoms with Crippen molar-refractivity contribution < 1.29 is 9.53 Å². The molecule has 9 nitrogen and oxygen atoms in total. The topological polar surface area (TPSA) is 104 Å². The minimum Gasteiger partial charge on any atom is -0.486 e. The molecule has 0 N–H and O–H groups in total. The number of hydrogen-bond donors (Lipinski definition) is 0. The van der Waals surface area contributed by atoms with Gasteiger partial charge in [0.15, 0.2) is 5.75 Å². The summed E-state index contributed by atoms with van der Waals surface area (Å²) in [7, 11) is 2.84. The van der Waals surface area contributed by atoms with Crippen molar-refractivity contribution in [3.05, 3.63) is 82.1 Å². The minimum atomic E-state index is -0.438. The van der Waals surface area contributed by atoms with Crippen molar-refractivity contribution in [2.45, 2.75) is 52.7 Å². The highest BCUT2D eigenvalue weighted by Gasteiger charge is 2.34. The van der Waals surface area contributed by atoms with Gasteiger partial charge in [-0.2, -0.15) is 10.2 Å². The molecule has 0 aliphatic carbocycles. The van der Waals surface area contributed by atoms with E-state index < -0.39 is 5.69 Å². The monoisotopic (exact) mass is 606 g/mol. The van der Waals surface area contributed by atoms with Crippen LogP contribution in [0.1, 0.15) is 48.6 Å². The van der Waals surface area contributed by atoms with Crippen LogP contribution in [0.3, 0.4) is 0 Å². The summed E-state index contributed by atoms with van der Waals surface area (Å²) in [6.45, 7) is 13.4. The van der Waals surface area contributed by atoms with Gasteiger partial charge in [0.1, 0.15) is 17.9 Å². The SMILES string of the molecule is C=CC(=O)N1CCN(c2nc(=O)n(-c3c(C)ccnc3C(C)C)c3c4c(c(C)cc23)-c2c(P)cccc2CO4)C[C@H]1CC#N. The Kier molecular flexibility index (Phi) is 7.73. The second kappa shape index (κ2) is 11.5. The zero-order valence-electron chi connectivity index (χ0n) is 25.4. The van der Waals surface area contributed by atoms with Gasteiger partial charge in [0.2, 0.25) is 5.91 Å². The van der Waals surface area contributed by atoms with E-state index in [9.17, 15) is 14.9 Å².